The molecular weight excluding hydrogens is 341 g/mol. The molecule has 25 heavy (non-hydrogen) atoms. The number of thiazole rings is 1. The largest absolute Gasteiger partial charge is 0.494 e. The van der Waals surface area contributed by atoms with Gasteiger partial charge in [-0.1, -0.05) is 6.07 Å². The number of methoxy groups -OCH3 is 1. The van der Waals surface area contributed by atoms with E-state index in [-0.39, 0.29) is 17.5 Å². The molecule has 0 radical (unpaired) electrons. The molecule has 2 aliphatic rings. The lowest BCUT2D eigenvalue weighted by molar-refractivity contribution is 0.0768. The molecule has 2 fully saturated rings. The Morgan fingerprint density at radius 2 is 2.08 bits per heavy atom. The van der Waals surface area contributed by atoms with E-state index in [0.717, 1.165) is 38.3 Å². The molecule has 2 aromatic rings. The average Bonchev–Trinajstić information content (AvgIpc) is 3.30. The van der Waals surface area contributed by atoms with Gasteiger partial charge in [-0.05, 0) is 29.5 Å². The fourth-order valence-corrected chi connectivity index (χ4v) is 4.46. The number of carbonyl (C=O) groups excluding carboxylic acids is 1. The highest BCUT2D eigenvalue weighted by molar-refractivity contribution is 7.07. The van der Waals surface area contributed by atoms with Gasteiger partial charge in [0.05, 0.1) is 12.6 Å². The lowest BCUT2D eigenvalue weighted by Crippen LogP contribution is -2.33. The summed E-state index contributed by atoms with van der Waals surface area (Å²) in [5, 5.41) is 1.81. The van der Waals surface area contributed by atoms with Crippen molar-refractivity contribution in [3.8, 4) is 5.75 Å². The van der Waals surface area contributed by atoms with Gasteiger partial charge in [0.25, 0.3) is 5.91 Å². The Balaban J connectivity index is 1.35. The van der Waals surface area contributed by atoms with E-state index in [9.17, 15) is 9.18 Å². The maximum atomic E-state index is 13.8. The first-order chi connectivity index (χ1) is 12.1. The number of hydrogen-bond acceptors (Lipinski definition) is 5. The van der Waals surface area contributed by atoms with Crippen molar-refractivity contribution in [1.29, 1.82) is 0 Å². The maximum absolute atomic E-state index is 13.8. The van der Waals surface area contributed by atoms with E-state index in [0.29, 0.717) is 17.5 Å². The molecule has 2 aliphatic heterocycles. The topological polar surface area (TPSA) is 45.7 Å². The quantitative estimate of drug-likeness (QED) is 0.839. The Hall–Kier alpha value is -1.99. The van der Waals surface area contributed by atoms with Crippen LogP contribution in [0.4, 0.5) is 4.39 Å². The second-order valence-corrected chi connectivity index (χ2v) is 7.49. The summed E-state index contributed by atoms with van der Waals surface area (Å²) in [6, 6.07) is 5.13. The van der Waals surface area contributed by atoms with Crippen LogP contribution in [0.25, 0.3) is 0 Å². The molecule has 3 heterocycles. The smallest absolute Gasteiger partial charge is 0.273 e. The van der Waals surface area contributed by atoms with Gasteiger partial charge in [-0.25, -0.2) is 9.37 Å². The van der Waals surface area contributed by atoms with Gasteiger partial charge >= 0.3 is 0 Å². The number of aromatic nitrogens is 1. The van der Waals surface area contributed by atoms with Gasteiger partial charge in [0, 0.05) is 38.1 Å². The summed E-state index contributed by atoms with van der Waals surface area (Å²) in [5.41, 5.74) is 3.20. The summed E-state index contributed by atoms with van der Waals surface area (Å²) in [5.74, 6) is 0.980. The van der Waals surface area contributed by atoms with Crippen molar-refractivity contribution < 1.29 is 13.9 Å². The molecule has 1 amide bonds. The molecule has 2 atom stereocenters. The fraction of sp³-hybridized carbons (Fsp3) is 0.444. The van der Waals surface area contributed by atoms with Crippen molar-refractivity contribution >= 4 is 17.2 Å². The van der Waals surface area contributed by atoms with E-state index >= 15 is 0 Å². The molecule has 0 N–H and O–H groups in total. The third kappa shape index (κ3) is 3.26. The van der Waals surface area contributed by atoms with Gasteiger partial charge < -0.3 is 9.64 Å². The third-order valence-corrected chi connectivity index (χ3v) is 5.71. The Labute approximate surface area is 150 Å². The van der Waals surface area contributed by atoms with Crippen LogP contribution in [0.15, 0.2) is 29.1 Å². The minimum atomic E-state index is -0.320. The Kier molecular flexibility index (Phi) is 4.43. The molecule has 0 aliphatic carbocycles. The molecule has 2 unspecified atom stereocenters. The summed E-state index contributed by atoms with van der Waals surface area (Å²) >= 11 is 1.45. The minimum Gasteiger partial charge on any atom is -0.494 e. The summed E-state index contributed by atoms with van der Waals surface area (Å²) < 4.78 is 18.8. The molecule has 5 nitrogen and oxygen atoms in total. The van der Waals surface area contributed by atoms with Crippen molar-refractivity contribution in [3.63, 3.8) is 0 Å². The Morgan fingerprint density at radius 3 is 2.68 bits per heavy atom. The van der Waals surface area contributed by atoms with E-state index in [1.54, 1.807) is 23.0 Å². The molecule has 0 saturated carbocycles. The van der Waals surface area contributed by atoms with Gasteiger partial charge in [-0.3, -0.25) is 9.69 Å². The zero-order valence-electron chi connectivity index (χ0n) is 14.0. The van der Waals surface area contributed by atoms with Crippen LogP contribution in [0.1, 0.15) is 16.1 Å². The number of carbonyl (C=O) groups is 1. The average molecular weight is 361 g/mol. The first kappa shape index (κ1) is 16.5. The highest BCUT2D eigenvalue weighted by Gasteiger charge is 2.41. The monoisotopic (exact) mass is 361 g/mol. The summed E-state index contributed by atoms with van der Waals surface area (Å²) in [7, 11) is 1.47. The number of halogens is 1. The zero-order valence-corrected chi connectivity index (χ0v) is 14.8. The van der Waals surface area contributed by atoms with Gasteiger partial charge in [-0.15, -0.1) is 11.3 Å². The fourth-order valence-electron chi connectivity index (χ4n) is 3.93. The number of hydrogen-bond donors (Lipinski definition) is 0. The Morgan fingerprint density at radius 1 is 1.32 bits per heavy atom. The van der Waals surface area contributed by atoms with Crippen LogP contribution < -0.4 is 4.74 Å². The predicted octanol–water partition coefficient (Wildman–Crippen LogP) is 2.49. The van der Waals surface area contributed by atoms with Crippen molar-refractivity contribution in [3.05, 3.63) is 46.2 Å². The summed E-state index contributed by atoms with van der Waals surface area (Å²) in [6.07, 6.45) is 0. The SMILES string of the molecule is COc1ccc(CN2CC3CN(C(=O)c4cscn4)CC3C2)cc1F. The highest BCUT2D eigenvalue weighted by Crippen LogP contribution is 2.33. The van der Waals surface area contributed by atoms with E-state index in [4.69, 9.17) is 4.74 Å². The second-order valence-electron chi connectivity index (χ2n) is 6.77. The van der Waals surface area contributed by atoms with E-state index in [2.05, 4.69) is 9.88 Å². The van der Waals surface area contributed by atoms with Crippen molar-refractivity contribution in [2.24, 2.45) is 11.8 Å². The molecular formula is C18H20FN3O2S. The van der Waals surface area contributed by atoms with Gasteiger partial charge in [-0.2, -0.15) is 0 Å². The predicted molar refractivity (Wildman–Crippen MR) is 93.2 cm³/mol. The normalized spacial score (nSPS) is 23.0. The first-order valence-electron chi connectivity index (χ1n) is 8.36. The summed E-state index contributed by atoms with van der Waals surface area (Å²) in [6.45, 7) is 4.19. The number of likely N-dealkylation sites (tertiary alicyclic amines) is 2. The molecule has 0 spiro atoms. The third-order valence-electron chi connectivity index (χ3n) is 5.12. The molecule has 2 saturated heterocycles. The molecule has 4 rings (SSSR count). The van der Waals surface area contributed by atoms with Crippen LogP contribution in [0.5, 0.6) is 5.75 Å². The van der Waals surface area contributed by atoms with Crippen molar-refractivity contribution in [2.45, 2.75) is 6.54 Å². The molecule has 1 aromatic heterocycles. The van der Waals surface area contributed by atoms with Crippen LogP contribution >= 0.6 is 11.3 Å². The molecule has 0 bridgehead atoms. The van der Waals surface area contributed by atoms with Crippen LogP contribution in [0.2, 0.25) is 0 Å². The van der Waals surface area contributed by atoms with Crippen molar-refractivity contribution in [1.82, 2.24) is 14.8 Å². The lowest BCUT2D eigenvalue weighted by Gasteiger charge is -2.21. The second kappa shape index (κ2) is 6.72. The van der Waals surface area contributed by atoms with Gasteiger partial charge in [0.2, 0.25) is 0 Å². The minimum absolute atomic E-state index is 0.0411. The number of ether oxygens (including phenoxy) is 1. The number of fused-ring (bicyclic) bond motifs is 1. The van der Waals surface area contributed by atoms with Crippen LogP contribution in [0, 0.1) is 17.7 Å². The number of nitrogens with zero attached hydrogens (tertiary/aromatic N) is 3. The zero-order chi connectivity index (χ0) is 17.4. The number of benzene rings is 1. The van der Waals surface area contributed by atoms with E-state index < -0.39 is 0 Å². The van der Waals surface area contributed by atoms with Gasteiger partial charge in [0.15, 0.2) is 11.6 Å². The first-order valence-corrected chi connectivity index (χ1v) is 9.30. The van der Waals surface area contributed by atoms with E-state index in [1.165, 1.54) is 18.4 Å². The molecule has 132 valence electrons. The molecule has 7 heteroatoms. The molecule has 1 aromatic carbocycles. The van der Waals surface area contributed by atoms with Crippen molar-refractivity contribution in [2.75, 3.05) is 33.3 Å². The van der Waals surface area contributed by atoms with Crippen LogP contribution in [-0.4, -0.2) is 54.0 Å². The van der Waals surface area contributed by atoms with Gasteiger partial charge in [0.1, 0.15) is 5.69 Å². The lowest BCUT2D eigenvalue weighted by atomic mass is 10.0. The number of amides is 1. The van der Waals surface area contributed by atoms with Crippen LogP contribution in [-0.2, 0) is 6.54 Å². The standard InChI is InChI=1S/C18H20FN3O2S/c1-24-17-3-2-12(4-15(17)19)5-21-6-13-8-22(9-14(13)7-21)18(23)16-10-25-11-20-16/h2-4,10-11,13-14H,5-9H2,1H3. The summed E-state index contributed by atoms with van der Waals surface area (Å²) in [4.78, 5) is 20.8. The Bertz CT molecular complexity index is 754. The number of rotatable bonds is 4. The van der Waals surface area contributed by atoms with Crippen LogP contribution in [0.3, 0.4) is 0 Å². The maximum Gasteiger partial charge on any atom is 0.273 e. The highest BCUT2D eigenvalue weighted by atomic mass is 32.1. The van der Waals surface area contributed by atoms with E-state index in [1.807, 2.05) is 11.0 Å².